The third-order valence-electron chi connectivity index (χ3n) is 3.88. The second kappa shape index (κ2) is 4.31. The van der Waals surface area contributed by atoms with Crippen LogP contribution >= 0.6 is 0 Å². The quantitative estimate of drug-likeness (QED) is 0.641. The second-order valence-electron chi connectivity index (χ2n) is 4.96. The zero-order valence-electron chi connectivity index (χ0n) is 10.2. The van der Waals surface area contributed by atoms with Gasteiger partial charge >= 0.3 is 18.5 Å². The van der Waals surface area contributed by atoms with Gasteiger partial charge in [0, 0.05) is 18.2 Å². The molecule has 2 aliphatic rings. The van der Waals surface area contributed by atoms with Gasteiger partial charge in [0.05, 0.1) is 0 Å². The monoisotopic (exact) mass is 260 g/mol. The van der Waals surface area contributed by atoms with Crippen molar-refractivity contribution in [2.24, 2.45) is 0 Å². The predicted molar refractivity (Wildman–Crippen MR) is 66.7 cm³/mol. The van der Waals surface area contributed by atoms with E-state index in [9.17, 15) is 14.7 Å². The highest BCUT2D eigenvalue weighted by molar-refractivity contribution is 6.81. The molecule has 0 unspecified atom stereocenters. The van der Waals surface area contributed by atoms with E-state index in [1.165, 1.54) is 0 Å². The molecule has 6 heteroatoms. The van der Waals surface area contributed by atoms with Crippen molar-refractivity contribution in [3.63, 3.8) is 0 Å². The summed E-state index contributed by atoms with van der Waals surface area (Å²) in [6, 6.07) is 9.17. The van der Waals surface area contributed by atoms with Crippen molar-refractivity contribution < 1.29 is 24.0 Å². The van der Waals surface area contributed by atoms with Gasteiger partial charge < -0.3 is 14.4 Å². The van der Waals surface area contributed by atoms with Crippen molar-refractivity contribution in [3.8, 4) is 0 Å². The predicted octanol–water partition coefficient (Wildman–Crippen LogP) is 0.751. The Balaban J connectivity index is 2.01. The minimum Gasteiger partial charge on any atom is -0.613 e. The topological polar surface area (TPSA) is 72.8 Å². The number of carbonyl (C=O) groups is 2. The fraction of sp³-hybridized carbons (Fsp3) is 0.308. The van der Waals surface area contributed by atoms with Crippen LogP contribution in [0.5, 0.6) is 0 Å². The van der Waals surface area contributed by atoms with E-state index in [0.717, 1.165) is 5.56 Å². The van der Waals surface area contributed by atoms with E-state index in [1.54, 1.807) is 0 Å². The minimum absolute atomic E-state index is 0.106. The average Bonchev–Trinajstić information content (AvgIpc) is 2.82. The number of carbonyl (C=O) groups excluding carboxylic acids is 2. The van der Waals surface area contributed by atoms with Crippen LogP contribution in [0.1, 0.15) is 24.2 Å². The van der Waals surface area contributed by atoms with Crippen LogP contribution in [-0.2, 0) is 18.9 Å². The Morgan fingerprint density at radius 2 is 1.74 bits per heavy atom. The molecule has 3 rings (SSSR count). The summed E-state index contributed by atoms with van der Waals surface area (Å²) in [4.78, 5) is 23.0. The zero-order chi connectivity index (χ0) is 13.5. The fourth-order valence-corrected chi connectivity index (χ4v) is 3.03. The molecule has 19 heavy (non-hydrogen) atoms. The van der Waals surface area contributed by atoms with Gasteiger partial charge in [-0.25, -0.2) is 0 Å². The van der Waals surface area contributed by atoms with Crippen molar-refractivity contribution in [2.45, 2.75) is 18.7 Å². The number of aliphatic hydroxyl groups excluding tert-OH is 1. The van der Waals surface area contributed by atoms with E-state index in [-0.39, 0.29) is 19.4 Å². The largest absolute Gasteiger partial charge is 0.613 e. The van der Waals surface area contributed by atoms with Gasteiger partial charge in [-0.2, -0.15) is 0 Å². The van der Waals surface area contributed by atoms with Crippen molar-refractivity contribution in [1.82, 2.24) is 0 Å². The van der Waals surface area contributed by atoms with Crippen LogP contribution in [0.3, 0.4) is 0 Å². The summed E-state index contributed by atoms with van der Waals surface area (Å²) in [5, 5.41) is 9.67. The molecule has 1 aromatic rings. The lowest BCUT2D eigenvalue weighted by molar-refractivity contribution is -0.138. The Hall–Kier alpha value is -1.95. The van der Waals surface area contributed by atoms with Crippen LogP contribution in [0.25, 0.3) is 0 Å². The SMILES string of the molecule is O=C1C[C+]2CC(=O)O[B-]2([C@@H](CO)c2ccccc2)O1. The van der Waals surface area contributed by atoms with E-state index in [2.05, 4.69) is 0 Å². The molecule has 2 aliphatic heterocycles. The van der Waals surface area contributed by atoms with E-state index >= 15 is 0 Å². The Bertz CT molecular complexity index is 495. The molecule has 0 spiro atoms. The number of rotatable bonds is 3. The Morgan fingerprint density at radius 1 is 1.16 bits per heavy atom. The van der Waals surface area contributed by atoms with E-state index in [4.69, 9.17) is 9.31 Å². The van der Waals surface area contributed by atoms with Gasteiger partial charge in [0.1, 0.15) is 12.8 Å². The summed E-state index contributed by atoms with van der Waals surface area (Å²) in [7, 11) is 0. The lowest BCUT2D eigenvalue weighted by Gasteiger charge is -2.32. The molecule has 5 nitrogen and oxygen atoms in total. The molecule has 1 N–H and O–H groups in total. The summed E-state index contributed by atoms with van der Waals surface area (Å²) in [6.45, 7) is -2.43. The molecule has 0 radical (unpaired) electrons. The molecule has 2 saturated heterocycles. The lowest BCUT2D eigenvalue weighted by Crippen LogP contribution is -2.48. The van der Waals surface area contributed by atoms with Gasteiger partial charge in [-0.05, 0) is 0 Å². The average molecular weight is 260 g/mol. The van der Waals surface area contributed by atoms with E-state index in [0.29, 0.717) is 5.82 Å². The smallest absolute Gasteiger partial charge is 0.568 e. The number of hydrogen-bond donors (Lipinski definition) is 1. The lowest BCUT2D eigenvalue weighted by atomic mass is 9.39. The molecule has 0 bridgehead atoms. The van der Waals surface area contributed by atoms with Crippen LogP contribution < -0.4 is 0 Å². The molecule has 0 saturated carbocycles. The highest BCUT2D eigenvalue weighted by atomic mass is 16.7. The number of hydrogen-bond acceptors (Lipinski definition) is 5. The first-order valence-electron chi connectivity index (χ1n) is 6.25. The summed E-state index contributed by atoms with van der Waals surface area (Å²) in [5.41, 5.74) is 0.798. The van der Waals surface area contributed by atoms with Crippen molar-refractivity contribution >= 4 is 18.5 Å². The number of benzene rings is 1. The molecule has 2 fully saturated rings. The molecular weight excluding hydrogens is 247 g/mol. The van der Waals surface area contributed by atoms with Crippen LogP contribution in [0.2, 0.25) is 0 Å². The molecule has 98 valence electrons. The molecule has 0 amide bonds. The maximum absolute atomic E-state index is 11.5. The van der Waals surface area contributed by atoms with Crippen molar-refractivity contribution in [3.05, 3.63) is 41.7 Å². The van der Waals surface area contributed by atoms with Crippen LogP contribution in [0, 0.1) is 5.82 Å². The first kappa shape index (κ1) is 12.1. The normalized spacial score (nSPS) is 21.8. The van der Waals surface area contributed by atoms with Crippen LogP contribution in [-0.4, -0.2) is 30.2 Å². The first-order valence-corrected chi connectivity index (χ1v) is 6.25. The fourth-order valence-electron chi connectivity index (χ4n) is 3.03. The van der Waals surface area contributed by atoms with Crippen molar-refractivity contribution in [1.29, 1.82) is 0 Å². The van der Waals surface area contributed by atoms with Gasteiger partial charge in [0.25, 0.3) is 0 Å². The molecule has 1 atom stereocenters. The van der Waals surface area contributed by atoms with Gasteiger partial charge in [-0.1, -0.05) is 35.9 Å². The first-order chi connectivity index (χ1) is 9.15. The summed E-state index contributed by atoms with van der Waals surface area (Å²) < 4.78 is 10.7. The highest BCUT2D eigenvalue weighted by Gasteiger charge is 2.68. The van der Waals surface area contributed by atoms with E-state index in [1.807, 2.05) is 30.3 Å². The molecule has 2 heterocycles. The maximum atomic E-state index is 11.5. The standard InChI is InChI=1S/C13H13BO5/c15-8-11(9-4-2-1-3-5-9)14-10(6-12(16)18-14)7-13(17)19-14/h1-5,11,15H,6-8H2/t11-/m0/s1. The molecule has 0 aromatic heterocycles. The Labute approximate surface area is 110 Å². The second-order valence-corrected chi connectivity index (χ2v) is 4.96. The molecular formula is C13H13BO5. The van der Waals surface area contributed by atoms with Gasteiger partial charge in [0.2, 0.25) is 0 Å². The highest BCUT2D eigenvalue weighted by Crippen LogP contribution is 2.47. The third-order valence-corrected chi connectivity index (χ3v) is 3.88. The minimum atomic E-state index is -2.18. The van der Waals surface area contributed by atoms with Gasteiger partial charge in [-0.15, -0.1) is 0 Å². The van der Waals surface area contributed by atoms with Crippen molar-refractivity contribution in [2.75, 3.05) is 6.61 Å². The van der Waals surface area contributed by atoms with Crippen LogP contribution in [0.15, 0.2) is 30.3 Å². The third kappa shape index (κ3) is 1.79. The zero-order valence-corrected chi connectivity index (χ0v) is 10.2. The molecule has 1 aromatic carbocycles. The van der Waals surface area contributed by atoms with Crippen LogP contribution in [0.4, 0.5) is 0 Å². The maximum Gasteiger partial charge on any atom is 0.568 e. The molecule has 0 aliphatic carbocycles. The summed E-state index contributed by atoms with van der Waals surface area (Å²) in [6.07, 6.45) is 0.212. The Kier molecular flexibility index (Phi) is 2.75. The van der Waals surface area contributed by atoms with Gasteiger partial charge in [0.15, 0.2) is 0 Å². The number of fused-ring (bicyclic) bond motifs is 1. The summed E-state index contributed by atoms with van der Waals surface area (Å²) >= 11 is 0. The van der Waals surface area contributed by atoms with Gasteiger partial charge in [-0.3, -0.25) is 9.59 Å². The van der Waals surface area contributed by atoms with E-state index < -0.39 is 24.3 Å². The summed E-state index contributed by atoms with van der Waals surface area (Å²) in [5.74, 6) is -0.638. The Morgan fingerprint density at radius 3 is 2.26 bits per heavy atom. The number of aliphatic hydroxyl groups is 1.